The van der Waals surface area contributed by atoms with E-state index in [4.69, 9.17) is 23.2 Å². The van der Waals surface area contributed by atoms with E-state index in [2.05, 4.69) is 18.0 Å². The SMILES string of the molecule is CCSc1cc(CCCCl)cnc1Cl. The average molecular weight is 250 g/mol. The van der Waals surface area contributed by atoms with Crippen LogP contribution in [0, 0.1) is 0 Å². The smallest absolute Gasteiger partial charge is 0.142 e. The maximum Gasteiger partial charge on any atom is 0.142 e. The highest BCUT2D eigenvalue weighted by molar-refractivity contribution is 7.99. The van der Waals surface area contributed by atoms with Gasteiger partial charge in [0.1, 0.15) is 5.15 Å². The van der Waals surface area contributed by atoms with Gasteiger partial charge in [-0.05, 0) is 30.2 Å². The normalized spacial score (nSPS) is 10.5. The third-order valence-corrected chi connectivity index (χ3v) is 3.35. The zero-order chi connectivity index (χ0) is 10.4. The maximum absolute atomic E-state index is 5.95. The minimum absolute atomic E-state index is 0.603. The molecule has 0 saturated carbocycles. The Morgan fingerprint density at radius 1 is 1.50 bits per heavy atom. The Morgan fingerprint density at radius 2 is 2.29 bits per heavy atom. The molecular formula is C10H13Cl2NS. The van der Waals surface area contributed by atoms with Crippen molar-refractivity contribution in [3.63, 3.8) is 0 Å². The lowest BCUT2D eigenvalue weighted by atomic mass is 10.2. The summed E-state index contributed by atoms with van der Waals surface area (Å²) in [6, 6.07) is 2.11. The Morgan fingerprint density at radius 3 is 2.93 bits per heavy atom. The minimum atomic E-state index is 0.603. The van der Waals surface area contributed by atoms with Crippen molar-refractivity contribution in [1.82, 2.24) is 4.98 Å². The quantitative estimate of drug-likeness (QED) is 0.444. The molecule has 0 aliphatic heterocycles. The van der Waals surface area contributed by atoms with Crippen LogP contribution in [-0.4, -0.2) is 16.6 Å². The standard InChI is InChI=1S/C10H13Cl2NS/c1-2-14-9-6-8(4-3-5-11)7-13-10(9)12/h6-7H,2-5H2,1H3. The maximum atomic E-state index is 5.95. The van der Waals surface area contributed by atoms with Crippen LogP contribution in [0.2, 0.25) is 5.15 Å². The Hall–Kier alpha value is 0.0800. The van der Waals surface area contributed by atoms with Gasteiger partial charge in [0.2, 0.25) is 0 Å². The van der Waals surface area contributed by atoms with Gasteiger partial charge in [-0.15, -0.1) is 23.4 Å². The molecular weight excluding hydrogens is 237 g/mol. The summed E-state index contributed by atoms with van der Waals surface area (Å²) in [5, 5.41) is 0.603. The van der Waals surface area contributed by atoms with Gasteiger partial charge >= 0.3 is 0 Å². The third kappa shape index (κ3) is 3.68. The molecule has 0 atom stereocenters. The van der Waals surface area contributed by atoms with Crippen molar-refractivity contribution in [2.45, 2.75) is 24.7 Å². The molecule has 0 spiro atoms. The van der Waals surface area contributed by atoms with E-state index in [-0.39, 0.29) is 0 Å². The van der Waals surface area contributed by atoms with Gasteiger partial charge in [-0.1, -0.05) is 18.5 Å². The summed E-state index contributed by atoms with van der Waals surface area (Å²) in [5.74, 6) is 1.71. The number of hydrogen-bond acceptors (Lipinski definition) is 2. The lowest BCUT2D eigenvalue weighted by molar-refractivity contribution is 0.913. The second kappa shape index (κ2) is 6.54. The number of aromatic nitrogens is 1. The fraction of sp³-hybridized carbons (Fsp3) is 0.500. The first kappa shape index (κ1) is 12.2. The number of pyridine rings is 1. The van der Waals surface area contributed by atoms with Crippen LogP contribution in [0.25, 0.3) is 0 Å². The number of hydrogen-bond donors (Lipinski definition) is 0. The van der Waals surface area contributed by atoms with Crippen LogP contribution in [0.5, 0.6) is 0 Å². The summed E-state index contributed by atoms with van der Waals surface area (Å²) < 4.78 is 0. The fourth-order valence-corrected chi connectivity index (χ4v) is 2.25. The van der Waals surface area contributed by atoms with E-state index in [9.17, 15) is 0 Å². The van der Waals surface area contributed by atoms with Crippen molar-refractivity contribution >= 4 is 35.0 Å². The lowest BCUT2D eigenvalue weighted by Gasteiger charge is -2.04. The molecule has 0 radical (unpaired) electrons. The van der Waals surface area contributed by atoms with Crippen LogP contribution >= 0.6 is 35.0 Å². The van der Waals surface area contributed by atoms with E-state index in [1.165, 1.54) is 5.56 Å². The Bertz CT molecular complexity index is 291. The van der Waals surface area contributed by atoms with Crippen molar-refractivity contribution in [2.75, 3.05) is 11.6 Å². The molecule has 0 saturated heterocycles. The number of halogens is 2. The van der Waals surface area contributed by atoms with E-state index in [0.717, 1.165) is 23.5 Å². The molecule has 1 nitrogen and oxygen atoms in total. The molecule has 1 rings (SSSR count). The molecule has 0 aliphatic carbocycles. The topological polar surface area (TPSA) is 12.9 Å². The van der Waals surface area contributed by atoms with Crippen LogP contribution in [0.4, 0.5) is 0 Å². The van der Waals surface area contributed by atoms with Crippen molar-refractivity contribution in [3.8, 4) is 0 Å². The third-order valence-electron chi connectivity index (χ3n) is 1.76. The average Bonchev–Trinajstić information content (AvgIpc) is 2.19. The van der Waals surface area contributed by atoms with E-state index >= 15 is 0 Å². The molecule has 0 amide bonds. The number of rotatable bonds is 5. The minimum Gasteiger partial charge on any atom is -0.243 e. The monoisotopic (exact) mass is 249 g/mol. The van der Waals surface area contributed by atoms with Gasteiger partial charge in [0.15, 0.2) is 0 Å². The first-order chi connectivity index (χ1) is 6.77. The molecule has 1 aromatic rings. The van der Waals surface area contributed by atoms with E-state index < -0.39 is 0 Å². The van der Waals surface area contributed by atoms with Gasteiger partial charge in [-0.3, -0.25) is 0 Å². The summed E-state index contributed by atoms with van der Waals surface area (Å²) in [5.41, 5.74) is 1.21. The summed E-state index contributed by atoms with van der Waals surface area (Å²) in [4.78, 5) is 5.22. The van der Waals surface area contributed by atoms with Crippen LogP contribution in [0.1, 0.15) is 18.9 Å². The largest absolute Gasteiger partial charge is 0.243 e. The van der Waals surface area contributed by atoms with Gasteiger partial charge in [-0.2, -0.15) is 0 Å². The molecule has 1 heterocycles. The summed E-state index contributed by atoms with van der Waals surface area (Å²) in [6.07, 6.45) is 3.79. The van der Waals surface area contributed by atoms with Crippen LogP contribution < -0.4 is 0 Å². The van der Waals surface area contributed by atoms with Crippen LogP contribution in [0.15, 0.2) is 17.2 Å². The Balaban J connectivity index is 2.72. The highest BCUT2D eigenvalue weighted by Crippen LogP contribution is 2.26. The van der Waals surface area contributed by atoms with Gasteiger partial charge in [0.25, 0.3) is 0 Å². The van der Waals surface area contributed by atoms with E-state index in [1.807, 2.05) is 6.20 Å². The Kier molecular flexibility index (Phi) is 5.68. The summed E-state index contributed by atoms with van der Waals surface area (Å²) >= 11 is 13.3. The van der Waals surface area contributed by atoms with Crippen LogP contribution in [-0.2, 0) is 6.42 Å². The van der Waals surface area contributed by atoms with Crippen molar-refractivity contribution < 1.29 is 0 Å². The van der Waals surface area contributed by atoms with Gasteiger partial charge in [0.05, 0.1) is 0 Å². The van der Waals surface area contributed by atoms with Crippen LogP contribution in [0.3, 0.4) is 0 Å². The molecule has 0 unspecified atom stereocenters. The molecule has 0 bridgehead atoms. The second-order valence-electron chi connectivity index (χ2n) is 2.86. The predicted octanol–water partition coefficient (Wildman–Crippen LogP) is 4.02. The van der Waals surface area contributed by atoms with E-state index in [0.29, 0.717) is 11.0 Å². The molecule has 78 valence electrons. The molecule has 0 N–H and O–H groups in total. The summed E-state index contributed by atoms with van der Waals surface area (Å²) in [7, 11) is 0. The first-order valence-corrected chi connectivity index (χ1v) is 6.51. The number of aryl methyl sites for hydroxylation is 1. The molecule has 0 aromatic carbocycles. The Labute approximate surface area is 99.2 Å². The first-order valence-electron chi connectivity index (χ1n) is 4.61. The molecule has 14 heavy (non-hydrogen) atoms. The van der Waals surface area contributed by atoms with E-state index in [1.54, 1.807) is 11.8 Å². The van der Waals surface area contributed by atoms with Gasteiger partial charge in [0, 0.05) is 17.0 Å². The number of alkyl halides is 1. The predicted molar refractivity (Wildman–Crippen MR) is 64.7 cm³/mol. The molecule has 0 aliphatic rings. The van der Waals surface area contributed by atoms with Crippen molar-refractivity contribution in [1.29, 1.82) is 0 Å². The highest BCUT2D eigenvalue weighted by Gasteiger charge is 2.03. The molecule has 4 heteroatoms. The second-order valence-corrected chi connectivity index (χ2v) is 4.90. The van der Waals surface area contributed by atoms with Gasteiger partial charge in [-0.25, -0.2) is 4.98 Å². The zero-order valence-electron chi connectivity index (χ0n) is 8.09. The number of nitrogens with zero attached hydrogens (tertiary/aromatic N) is 1. The highest BCUT2D eigenvalue weighted by atomic mass is 35.5. The lowest BCUT2D eigenvalue weighted by Crippen LogP contribution is -1.90. The molecule has 0 fully saturated rings. The zero-order valence-corrected chi connectivity index (χ0v) is 10.4. The molecule has 1 aromatic heterocycles. The number of thioether (sulfide) groups is 1. The van der Waals surface area contributed by atoms with Crippen molar-refractivity contribution in [2.24, 2.45) is 0 Å². The van der Waals surface area contributed by atoms with Gasteiger partial charge < -0.3 is 0 Å². The summed E-state index contributed by atoms with van der Waals surface area (Å²) in [6.45, 7) is 2.10. The van der Waals surface area contributed by atoms with Crippen molar-refractivity contribution in [3.05, 3.63) is 23.0 Å². The fourth-order valence-electron chi connectivity index (χ4n) is 1.13.